The first-order valence-corrected chi connectivity index (χ1v) is 12.0. The smallest absolute Gasteiger partial charge is 0.277 e. The topological polar surface area (TPSA) is 108 Å². The molecule has 0 aliphatic carbocycles. The Morgan fingerprint density at radius 3 is 2.47 bits per heavy atom. The Kier molecular flexibility index (Phi) is 8.27. The Bertz CT molecular complexity index is 1420. The monoisotopic (exact) mass is 510 g/mol. The Balaban J connectivity index is 0.00000176. The minimum atomic E-state index is -1.20. The summed E-state index contributed by atoms with van der Waals surface area (Å²) in [4.78, 5) is 26.3. The average molecular weight is 511 g/mol. The number of aliphatic hydroxyl groups is 1. The van der Waals surface area contributed by atoms with E-state index in [0.717, 1.165) is 11.3 Å². The fourth-order valence-electron chi connectivity index (χ4n) is 3.47. The van der Waals surface area contributed by atoms with E-state index >= 15 is 0 Å². The van der Waals surface area contributed by atoms with Crippen LogP contribution in [-0.2, 0) is 19.3 Å². The van der Waals surface area contributed by atoms with Crippen molar-refractivity contribution in [2.75, 3.05) is 0 Å². The molecule has 10 heteroatoms. The molecule has 0 aliphatic heterocycles. The first-order valence-electron chi connectivity index (χ1n) is 11.6. The molecule has 36 heavy (non-hydrogen) atoms. The van der Waals surface area contributed by atoms with Crippen molar-refractivity contribution in [2.45, 2.75) is 53.8 Å². The van der Waals surface area contributed by atoms with E-state index in [2.05, 4.69) is 20.1 Å². The highest BCUT2D eigenvalue weighted by Crippen LogP contribution is 2.27. The van der Waals surface area contributed by atoms with E-state index in [1.165, 1.54) is 4.57 Å². The predicted molar refractivity (Wildman–Crippen MR) is 139 cm³/mol. The molecule has 9 nitrogen and oxygen atoms in total. The fourth-order valence-corrected chi connectivity index (χ4v) is 3.66. The lowest BCUT2D eigenvalue weighted by Gasteiger charge is -2.17. The molecule has 0 saturated carbocycles. The van der Waals surface area contributed by atoms with Gasteiger partial charge in [0.05, 0.1) is 22.8 Å². The van der Waals surface area contributed by atoms with Gasteiger partial charge in [0.15, 0.2) is 5.82 Å². The lowest BCUT2D eigenvalue weighted by Crippen LogP contribution is -2.23. The van der Waals surface area contributed by atoms with Crippen LogP contribution in [0.15, 0.2) is 47.7 Å². The van der Waals surface area contributed by atoms with Gasteiger partial charge < -0.3 is 9.84 Å². The maximum absolute atomic E-state index is 13.3. The van der Waals surface area contributed by atoms with Gasteiger partial charge in [-0.05, 0) is 51.5 Å². The second-order valence-corrected chi connectivity index (χ2v) is 8.93. The minimum Gasteiger partial charge on any atom is -0.485 e. The van der Waals surface area contributed by atoms with E-state index in [1.807, 2.05) is 47.0 Å². The van der Waals surface area contributed by atoms with Crippen molar-refractivity contribution in [3.63, 3.8) is 0 Å². The van der Waals surface area contributed by atoms with Gasteiger partial charge in [-0.25, -0.2) is 9.97 Å². The zero-order valence-corrected chi connectivity index (χ0v) is 22.3. The van der Waals surface area contributed by atoms with Crippen LogP contribution in [0.25, 0.3) is 17.1 Å². The van der Waals surface area contributed by atoms with E-state index in [4.69, 9.17) is 16.3 Å². The van der Waals surface area contributed by atoms with Crippen molar-refractivity contribution in [1.82, 2.24) is 29.3 Å². The number of rotatable bonds is 6. The van der Waals surface area contributed by atoms with Crippen molar-refractivity contribution in [3.05, 3.63) is 81.0 Å². The maximum Gasteiger partial charge on any atom is 0.277 e. The summed E-state index contributed by atoms with van der Waals surface area (Å²) in [6.45, 7) is 11.1. The van der Waals surface area contributed by atoms with Crippen LogP contribution in [0, 0.1) is 13.8 Å². The van der Waals surface area contributed by atoms with Gasteiger partial charge in [-0.2, -0.15) is 5.10 Å². The summed E-state index contributed by atoms with van der Waals surface area (Å²) >= 11 is 6.42. The molecule has 0 bridgehead atoms. The molecule has 0 spiro atoms. The standard InChI is InChI=1S/C24H25ClN6O3.C2H6/c1-14-12-27-18(17-6-8-26-23(28-17)24(3,4)33)11-19(14)31-15(2)10-20(21(25)22(31)32)34-13-16-7-9-30(5)29-16;1-2/h6-12,33H,13H2,1-5H3;1-2H3. The van der Waals surface area contributed by atoms with Crippen LogP contribution in [0.3, 0.4) is 0 Å². The number of ether oxygens (including phenoxy) is 1. The van der Waals surface area contributed by atoms with E-state index < -0.39 is 11.2 Å². The van der Waals surface area contributed by atoms with E-state index in [0.29, 0.717) is 28.5 Å². The van der Waals surface area contributed by atoms with Crippen LogP contribution in [0.2, 0.25) is 5.02 Å². The van der Waals surface area contributed by atoms with Gasteiger partial charge >= 0.3 is 0 Å². The highest BCUT2D eigenvalue weighted by molar-refractivity contribution is 6.31. The molecular formula is C26H31ClN6O3. The van der Waals surface area contributed by atoms with Gasteiger partial charge in [0.25, 0.3) is 5.56 Å². The largest absolute Gasteiger partial charge is 0.485 e. The third-order valence-electron chi connectivity index (χ3n) is 5.23. The third kappa shape index (κ3) is 5.80. The Labute approximate surface area is 215 Å². The van der Waals surface area contributed by atoms with Gasteiger partial charge in [-0.1, -0.05) is 25.4 Å². The summed E-state index contributed by atoms with van der Waals surface area (Å²) in [6.07, 6.45) is 5.05. The molecule has 190 valence electrons. The van der Waals surface area contributed by atoms with Crippen LogP contribution < -0.4 is 10.3 Å². The molecule has 4 rings (SSSR count). The molecule has 4 heterocycles. The summed E-state index contributed by atoms with van der Waals surface area (Å²) in [5.74, 6) is 0.573. The first kappa shape index (κ1) is 27.0. The van der Waals surface area contributed by atoms with Crippen molar-refractivity contribution in [1.29, 1.82) is 0 Å². The van der Waals surface area contributed by atoms with Crippen molar-refractivity contribution < 1.29 is 9.84 Å². The highest BCUT2D eigenvalue weighted by atomic mass is 35.5. The van der Waals surface area contributed by atoms with Gasteiger partial charge in [0.2, 0.25) is 0 Å². The van der Waals surface area contributed by atoms with Gasteiger partial charge in [0.1, 0.15) is 23.0 Å². The molecule has 0 unspecified atom stereocenters. The maximum atomic E-state index is 13.3. The fraction of sp³-hybridized carbons (Fsp3) is 0.346. The summed E-state index contributed by atoms with van der Waals surface area (Å²) in [6, 6.07) is 7.03. The molecule has 0 amide bonds. The van der Waals surface area contributed by atoms with Crippen LogP contribution >= 0.6 is 11.6 Å². The summed E-state index contributed by atoms with van der Waals surface area (Å²) < 4.78 is 8.98. The number of pyridine rings is 2. The molecule has 0 aromatic carbocycles. The first-order chi connectivity index (χ1) is 17.0. The summed E-state index contributed by atoms with van der Waals surface area (Å²) in [7, 11) is 1.82. The van der Waals surface area contributed by atoms with Crippen LogP contribution in [-0.4, -0.2) is 34.4 Å². The lowest BCUT2D eigenvalue weighted by molar-refractivity contribution is 0.0688. The summed E-state index contributed by atoms with van der Waals surface area (Å²) in [5.41, 5.74) is 2.23. The molecular weight excluding hydrogens is 480 g/mol. The second-order valence-electron chi connectivity index (χ2n) is 8.55. The number of nitrogens with zero attached hydrogens (tertiary/aromatic N) is 6. The molecule has 4 aromatic rings. The molecule has 1 N–H and O–H groups in total. The van der Waals surface area contributed by atoms with Gasteiger partial charge in [-0.3, -0.25) is 19.0 Å². The zero-order valence-electron chi connectivity index (χ0n) is 21.6. The number of hydrogen-bond donors (Lipinski definition) is 1. The summed E-state index contributed by atoms with van der Waals surface area (Å²) in [5, 5.41) is 14.5. The average Bonchev–Trinajstić information content (AvgIpc) is 3.27. The SMILES string of the molecule is CC.Cc1cnc(-c2ccnc(C(C)(C)O)n2)cc1-n1c(C)cc(OCc2ccn(C)n2)c(Cl)c1=O. The molecule has 0 saturated heterocycles. The Hall–Kier alpha value is -3.56. The highest BCUT2D eigenvalue weighted by Gasteiger charge is 2.21. The van der Waals surface area contributed by atoms with Crippen LogP contribution in [0.1, 0.15) is 50.5 Å². The third-order valence-corrected chi connectivity index (χ3v) is 5.57. The Morgan fingerprint density at radius 2 is 1.83 bits per heavy atom. The molecule has 0 atom stereocenters. The van der Waals surface area contributed by atoms with Crippen molar-refractivity contribution >= 4 is 11.6 Å². The molecule has 4 aromatic heterocycles. The van der Waals surface area contributed by atoms with E-state index in [1.54, 1.807) is 49.1 Å². The van der Waals surface area contributed by atoms with E-state index in [9.17, 15) is 9.90 Å². The van der Waals surface area contributed by atoms with Crippen molar-refractivity contribution in [2.24, 2.45) is 7.05 Å². The predicted octanol–water partition coefficient (Wildman–Crippen LogP) is 4.53. The number of aromatic nitrogens is 6. The van der Waals surface area contributed by atoms with Crippen LogP contribution in [0.4, 0.5) is 0 Å². The van der Waals surface area contributed by atoms with Crippen LogP contribution in [0.5, 0.6) is 5.75 Å². The Morgan fingerprint density at radius 1 is 1.11 bits per heavy atom. The normalized spacial score (nSPS) is 11.1. The number of hydrogen-bond acceptors (Lipinski definition) is 7. The van der Waals surface area contributed by atoms with Gasteiger partial charge in [0, 0.05) is 37.4 Å². The zero-order chi connectivity index (χ0) is 26.6. The number of aryl methyl sites for hydroxylation is 3. The molecule has 0 radical (unpaired) electrons. The quantitative estimate of drug-likeness (QED) is 0.406. The van der Waals surface area contributed by atoms with Gasteiger partial charge in [-0.15, -0.1) is 0 Å². The second kappa shape index (κ2) is 11.0. The van der Waals surface area contributed by atoms with Crippen molar-refractivity contribution in [3.8, 4) is 22.8 Å². The number of halogens is 1. The molecule has 0 fully saturated rings. The van der Waals surface area contributed by atoms with E-state index in [-0.39, 0.29) is 17.5 Å². The molecule has 0 aliphatic rings. The minimum absolute atomic E-state index is 0.0226. The lowest BCUT2D eigenvalue weighted by atomic mass is 10.1.